The minimum atomic E-state index is -5.05. The first-order chi connectivity index (χ1) is 8.10. The Balaban J connectivity index is 2.71. The summed E-state index contributed by atoms with van der Waals surface area (Å²) in [5.74, 6) is -1.66. The van der Waals surface area contributed by atoms with Gasteiger partial charge in [-0.25, -0.2) is 0 Å². The van der Waals surface area contributed by atoms with Crippen molar-refractivity contribution in [2.45, 2.75) is 12.4 Å². The Morgan fingerprint density at radius 3 is 2.11 bits per heavy atom. The van der Waals surface area contributed by atoms with Crippen molar-refractivity contribution in [3.63, 3.8) is 0 Å². The number of alkyl halides is 6. The van der Waals surface area contributed by atoms with Gasteiger partial charge in [-0.15, -0.1) is 0 Å². The number of ether oxygens (including phenoxy) is 1. The fraction of sp³-hybridized carbons (Fsp3) is 0.300. The maximum Gasteiger partial charge on any atom is 0.417 e. The van der Waals surface area contributed by atoms with Crippen LogP contribution in [-0.4, -0.2) is 12.4 Å². The van der Waals surface area contributed by atoms with Crippen molar-refractivity contribution in [2.24, 2.45) is 0 Å². The number of halogens is 6. The Morgan fingerprint density at radius 2 is 1.61 bits per heavy atom. The molecule has 0 saturated carbocycles. The summed E-state index contributed by atoms with van der Waals surface area (Å²) < 4.78 is 79.6. The topological polar surface area (TPSA) is 26.3 Å². The van der Waals surface area contributed by atoms with Gasteiger partial charge in [-0.05, 0) is 12.1 Å². The first-order valence-corrected chi connectivity index (χ1v) is 4.59. The molecular formula is C10H4F6O2. The van der Waals surface area contributed by atoms with Crippen LogP contribution >= 0.6 is 0 Å². The maximum atomic E-state index is 12.6. The van der Waals surface area contributed by atoms with Gasteiger partial charge in [0.2, 0.25) is 5.78 Å². The van der Waals surface area contributed by atoms with Crippen LogP contribution in [0.5, 0.6) is 5.75 Å². The fourth-order valence-electron chi connectivity index (χ4n) is 1.62. The molecule has 0 N–H and O–H groups in total. The number of rotatable bonds is 0. The van der Waals surface area contributed by atoms with Crippen LogP contribution in [0.4, 0.5) is 26.3 Å². The molecule has 1 aromatic carbocycles. The van der Waals surface area contributed by atoms with Crippen molar-refractivity contribution in [1.29, 1.82) is 0 Å². The van der Waals surface area contributed by atoms with E-state index in [1.807, 2.05) is 0 Å². The van der Waals surface area contributed by atoms with Crippen LogP contribution in [0.2, 0.25) is 0 Å². The van der Waals surface area contributed by atoms with E-state index in [2.05, 4.69) is 4.74 Å². The van der Waals surface area contributed by atoms with Crippen LogP contribution < -0.4 is 4.74 Å². The quantitative estimate of drug-likeness (QED) is 0.676. The molecule has 0 unspecified atom stereocenters. The Labute approximate surface area is 96.2 Å². The van der Waals surface area contributed by atoms with Crippen LogP contribution in [0, 0.1) is 0 Å². The van der Waals surface area contributed by atoms with Gasteiger partial charge in [-0.3, -0.25) is 4.79 Å². The summed E-state index contributed by atoms with van der Waals surface area (Å²) in [5.41, 5.74) is -3.95. The van der Waals surface area contributed by atoms with E-state index >= 15 is 0 Å². The highest BCUT2D eigenvalue weighted by molar-refractivity contribution is 6.03. The zero-order chi connectivity index (χ0) is 13.7. The molecule has 1 heterocycles. The lowest BCUT2D eigenvalue weighted by atomic mass is 10.0. The van der Waals surface area contributed by atoms with E-state index in [0.29, 0.717) is 6.07 Å². The average Bonchev–Trinajstić information content (AvgIpc) is 2.56. The summed E-state index contributed by atoms with van der Waals surface area (Å²) in [4.78, 5) is 11.2. The molecule has 2 rings (SSSR count). The van der Waals surface area contributed by atoms with Gasteiger partial charge < -0.3 is 4.74 Å². The highest BCUT2D eigenvalue weighted by Crippen LogP contribution is 2.43. The van der Waals surface area contributed by atoms with E-state index in [1.54, 1.807) is 0 Å². The molecule has 98 valence electrons. The molecule has 0 aromatic heterocycles. The molecule has 0 spiro atoms. The van der Waals surface area contributed by atoms with Crippen LogP contribution in [0.3, 0.4) is 0 Å². The number of benzene rings is 1. The van der Waals surface area contributed by atoms with Gasteiger partial charge in [0.05, 0.1) is 16.7 Å². The normalized spacial score (nSPS) is 15.6. The van der Waals surface area contributed by atoms with E-state index in [4.69, 9.17) is 0 Å². The van der Waals surface area contributed by atoms with Gasteiger partial charge in [-0.1, -0.05) is 0 Å². The van der Waals surface area contributed by atoms with Crippen LogP contribution in [-0.2, 0) is 12.4 Å². The predicted molar refractivity (Wildman–Crippen MR) is 46.3 cm³/mol. The van der Waals surface area contributed by atoms with Crippen molar-refractivity contribution in [3.05, 3.63) is 28.8 Å². The third-order valence-electron chi connectivity index (χ3n) is 2.37. The first-order valence-electron chi connectivity index (χ1n) is 4.59. The molecule has 0 fully saturated rings. The van der Waals surface area contributed by atoms with Gasteiger partial charge in [0.1, 0.15) is 5.75 Å². The lowest BCUT2D eigenvalue weighted by Gasteiger charge is -2.14. The second-order valence-corrected chi connectivity index (χ2v) is 3.60. The average molecular weight is 270 g/mol. The number of carbonyl (C=O) groups is 1. The fourth-order valence-corrected chi connectivity index (χ4v) is 1.62. The molecule has 2 nitrogen and oxygen atoms in total. The molecule has 1 aliphatic rings. The molecule has 18 heavy (non-hydrogen) atoms. The smallest absolute Gasteiger partial charge is 0.417 e. The standard InChI is InChI=1S/C10H4F6O2/c11-9(12,13)4-1-5(10(14,15)16)8-6(17)3-18-7(8)2-4/h1-2H,3H2. The minimum absolute atomic E-state index is 0.0780. The highest BCUT2D eigenvalue weighted by Gasteiger charge is 2.43. The van der Waals surface area contributed by atoms with Gasteiger partial charge >= 0.3 is 12.4 Å². The second kappa shape index (κ2) is 3.63. The molecular weight excluding hydrogens is 266 g/mol. The van der Waals surface area contributed by atoms with Crippen molar-refractivity contribution >= 4 is 5.78 Å². The monoisotopic (exact) mass is 270 g/mol. The highest BCUT2D eigenvalue weighted by atomic mass is 19.4. The molecule has 1 aromatic rings. The van der Waals surface area contributed by atoms with Crippen LogP contribution in [0.1, 0.15) is 21.5 Å². The SMILES string of the molecule is O=C1COc2cc(C(F)(F)F)cc(C(F)(F)F)c21. The van der Waals surface area contributed by atoms with E-state index in [9.17, 15) is 31.1 Å². The number of hydrogen-bond acceptors (Lipinski definition) is 2. The lowest BCUT2D eigenvalue weighted by molar-refractivity contribution is -0.143. The Bertz CT molecular complexity index is 514. The molecule has 8 heteroatoms. The van der Waals surface area contributed by atoms with Gasteiger partial charge in [0.15, 0.2) is 6.61 Å². The van der Waals surface area contributed by atoms with Crippen molar-refractivity contribution in [3.8, 4) is 5.75 Å². The zero-order valence-electron chi connectivity index (χ0n) is 8.45. The molecule has 0 aliphatic carbocycles. The first kappa shape index (κ1) is 12.7. The number of fused-ring (bicyclic) bond motifs is 1. The molecule has 1 aliphatic heterocycles. The van der Waals surface area contributed by atoms with E-state index < -0.39 is 47.2 Å². The summed E-state index contributed by atoms with van der Waals surface area (Å²) >= 11 is 0. The van der Waals surface area contributed by atoms with Gasteiger partial charge in [0.25, 0.3) is 0 Å². The Kier molecular flexibility index (Phi) is 2.56. The molecule has 0 bridgehead atoms. The maximum absolute atomic E-state index is 12.6. The second-order valence-electron chi connectivity index (χ2n) is 3.60. The van der Waals surface area contributed by atoms with E-state index in [0.717, 1.165) is 0 Å². The third kappa shape index (κ3) is 2.02. The lowest BCUT2D eigenvalue weighted by Crippen LogP contribution is -2.14. The number of Topliss-reactive ketones (excluding diaryl/α,β-unsaturated/α-hetero) is 1. The molecule has 0 atom stereocenters. The Morgan fingerprint density at radius 1 is 1.00 bits per heavy atom. The predicted octanol–water partition coefficient (Wildman–Crippen LogP) is 3.30. The van der Waals surface area contributed by atoms with Crippen molar-refractivity contribution in [2.75, 3.05) is 6.61 Å². The summed E-state index contributed by atoms with van der Waals surface area (Å²) in [6.45, 7) is -0.681. The number of carbonyl (C=O) groups excluding carboxylic acids is 1. The number of ketones is 1. The summed E-state index contributed by atoms with van der Waals surface area (Å²) in [6.07, 6.45) is -9.99. The van der Waals surface area contributed by atoms with Crippen molar-refractivity contribution in [1.82, 2.24) is 0 Å². The largest absolute Gasteiger partial charge is 0.485 e. The van der Waals surface area contributed by atoms with E-state index in [1.165, 1.54) is 0 Å². The van der Waals surface area contributed by atoms with Crippen molar-refractivity contribution < 1.29 is 35.9 Å². The summed E-state index contributed by atoms with van der Waals surface area (Å²) in [5, 5.41) is 0. The van der Waals surface area contributed by atoms with Crippen LogP contribution in [0.25, 0.3) is 0 Å². The van der Waals surface area contributed by atoms with E-state index in [-0.39, 0.29) is 6.07 Å². The van der Waals surface area contributed by atoms with Gasteiger partial charge in [0, 0.05) is 0 Å². The third-order valence-corrected chi connectivity index (χ3v) is 2.37. The van der Waals surface area contributed by atoms with Gasteiger partial charge in [-0.2, -0.15) is 26.3 Å². The number of hydrogen-bond donors (Lipinski definition) is 0. The molecule has 0 saturated heterocycles. The minimum Gasteiger partial charge on any atom is -0.485 e. The summed E-state index contributed by atoms with van der Waals surface area (Å²) in [7, 11) is 0. The Hall–Kier alpha value is -1.73. The summed E-state index contributed by atoms with van der Waals surface area (Å²) in [6, 6.07) is 0.320. The molecule has 0 amide bonds. The molecule has 0 radical (unpaired) electrons. The zero-order valence-corrected chi connectivity index (χ0v) is 8.45. The van der Waals surface area contributed by atoms with Crippen LogP contribution in [0.15, 0.2) is 12.1 Å².